The number of nitrogens with zero attached hydrogens (tertiary/aromatic N) is 1. The van der Waals surface area contributed by atoms with Crippen LogP contribution in [0.25, 0.3) is 0 Å². The van der Waals surface area contributed by atoms with Gasteiger partial charge in [-0.15, -0.1) is 0 Å². The van der Waals surface area contributed by atoms with Crippen molar-refractivity contribution in [2.24, 2.45) is 0 Å². The van der Waals surface area contributed by atoms with Crippen molar-refractivity contribution in [2.75, 3.05) is 0 Å². The number of hydrogen-bond acceptors (Lipinski definition) is 4. The van der Waals surface area contributed by atoms with Crippen LogP contribution >= 0.6 is 0 Å². The van der Waals surface area contributed by atoms with E-state index in [4.69, 9.17) is 4.74 Å². The number of ether oxygens (including phenoxy) is 1. The second-order valence-corrected chi connectivity index (χ2v) is 5.80. The summed E-state index contributed by atoms with van der Waals surface area (Å²) in [5.74, 6) is -0.625. The van der Waals surface area contributed by atoms with Crippen LogP contribution in [0.1, 0.15) is 21.5 Å². The first-order valence-corrected chi connectivity index (χ1v) is 8.20. The van der Waals surface area contributed by atoms with E-state index < -0.39 is 17.6 Å². The summed E-state index contributed by atoms with van der Waals surface area (Å²) in [6.45, 7) is 0.00923. The molecular formula is C20H15F3N2O3. The molecule has 0 aliphatic heterocycles. The van der Waals surface area contributed by atoms with Crippen molar-refractivity contribution < 1.29 is 27.8 Å². The number of nitrogens with one attached hydrogen (secondary N) is 1. The monoisotopic (exact) mass is 388 g/mol. The van der Waals surface area contributed by atoms with Crippen LogP contribution in [0.4, 0.5) is 13.2 Å². The second-order valence-electron chi connectivity index (χ2n) is 5.80. The van der Waals surface area contributed by atoms with E-state index in [1.165, 1.54) is 30.5 Å². The summed E-state index contributed by atoms with van der Waals surface area (Å²) < 4.78 is 44.0. The fourth-order valence-electron chi connectivity index (χ4n) is 2.43. The molecule has 0 aliphatic rings. The number of amides is 1. The maximum atomic E-state index is 12.9. The molecule has 0 saturated heterocycles. The molecule has 3 aromatic rings. The number of phenolic OH excluding ortho intramolecular Hbond substituents is 1. The second kappa shape index (κ2) is 7.99. The molecule has 1 amide bonds. The van der Waals surface area contributed by atoms with Gasteiger partial charge in [0.25, 0.3) is 5.91 Å². The third-order valence-electron chi connectivity index (χ3n) is 3.81. The predicted octanol–water partition coefficient (Wildman–Crippen LogP) is 4.53. The first-order valence-electron chi connectivity index (χ1n) is 8.20. The molecular weight excluding hydrogens is 373 g/mol. The first-order chi connectivity index (χ1) is 13.3. The summed E-state index contributed by atoms with van der Waals surface area (Å²) in [4.78, 5) is 16.2. The standard InChI is InChI=1S/C20H15F3N2O3/c21-20(22,23)14-6-3-7-15(11-14)28-19-13(5-4-10-24-19)12-25-18(27)16-8-1-2-9-17(16)26/h1-11,26H,12H2,(H,25,27). The lowest BCUT2D eigenvalue weighted by atomic mass is 10.2. The van der Waals surface area contributed by atoms with Gasteiger partial charge in [-0.2, -0.15) is 13.2 Å². The van der Waals surface area contributed by atoms with Crippen molar-refractivity contribution in [1.29, 1.82) is 0 Å². The average molecular weight is 388 g/mol. The molecule has 0 bridgehead atoms. The number of halogens is 3. The van der Waals surface area contributed by atoms with Crippen molar-refractivity contribution in [2.45, 2.75) is 12.7 Å². The van der Waals surface area contributed by atoms with Gasteiger partial charge < -0.3 is 15.2 Å². The van der Waals surface area contributed by atoms with E-state index >= 15 is 0 Å². The van der Waals surface area contributed by atoms with Gasteiger partial charge in [0.15, 0.2) is 0 Å². The number of benzene rings is 2. The Morgan fingerprint density at radius 1 is 1.07 bits per heavy atom. The molecule has 0 atom stereocenters. The lowest BCUT2D eigenvalue weighted by Crippen LogP contribution is -2.23. The average Bonchev–Trinajstić information content (AvgIpc) is 2.67. The molecule has 144 valence electrons. The number of phenols is 1. The predicted molar refractivity (Wildman–Crippen MR) is 95.0 cm³/mol. The van der Waals surface area contributed by atoms with E-state index in [0.29, 0.717) is 5.56 Å². The van der Waals surface area contributed by atoms with E-state index in [1.807, 2.05) is 0 Å². The molecule has 0 unspecified atom stereocenters. The van der Waals surface area contributed by atoms with Crippen molar-refractivity contribution in [3.8, 4) is 17.4 Å². The van der Waals surface area contributed by atoms with Gasteiger partial charge in [0, 0.05) is 18.3 Å². The third kappa shape index (κ3) is 4.59. The van der Waals surface area contributed by atoms with Crippen LogP contribution in [0.2, 0.25) is 0 Å². The van der Waals surface area contributed by atoms with Crippen molar-refractivity contribution in [3.05, 3.63) is 83.6 Å². The zero-order chi connectivity index (χ0) is 20.1. The Bertz CT molecular complexity index is 990. The van der Waals surface area contributed by atoms with Gasteiger partial charge in [-0.05, 0) is 36.4 Å². The highest BCUT2D eigenvalue weighted by Crippen LogP contribution is 2.32. The number of rotatable bonds is 5. The Morgan fingerprint density at radius 3 is 2.61 bits per heavy atom. The first kappa shape index (κ1) is 19.2. The Balaban J connectivity index is 1.75. The third-order valence-corrected chi connectivity index (χ3v) is 3.81. The fourth-order valence-corrected chi connectivity index (χ4v) is 2.43. The zero-order valence-electron chi connectivity index (χ0n) is 14.4. The molecule has 1 heterocycles. The Kier molecular flexibility index (Phi) is 5.49. The summed E-state index contributed by atoms with van der Waals surface area (Å²) in [7, 11) is 0. The molecule has 3 rings (SSSR count). The Hall–Kier alpha value is -3.55. The van der Waals surface area contributed by atoms with E-state index in [2.05, 4.69) is 10.3 Å². The van der Waals surface area contributed by atoms with Gasteiger partial charge in [-0.1, -0.05) is 24.3 Å². The van der Waals surface area contributed by atoms with Crippen LogP contribution < -0.4 is 10.1 Å². The summed E-state index contributed by atoms with van der Waals surface area (Å²) in [5.41, 5.74) is -0.272. The van der Waals surface area contributed by atoms with Crippen LogP contribution in [0.15, 0.2) is 66.9 Å². The lowest BCUT2D eigenvalue weighted by molar-refractivity contribution is -0.137. The number of alkyl halides is 3. The van der Waals surface area contributed by atoms with E-state index in [9.17, 15) is 23.1 Å². The molecule has 1 aromatic heterocycles. The number of aromatic nitrogens is 1. The van der Waals surface area contributed by atoms with Gasteiger partial charge in [0.2, 0.25) is 5.88 Å². The topological polar surface area (TPSA) is 71.5 Å². The quantitative estimate of drug-likeness (QED) is 0.674. The summed E-state index contributed by atoms with van der Waals surface area (Å²) in [6.07, 6.45) is -3.06. The Morgan fingerprint density at radius 2 is 1.86 bits per heavy atom. The van der Waals surface area contributed by atoms with Crippen LogP contribution in [0.3, 0.4) is 0 Å². The minimum Gasteiger partial charge on any atom is -0.507 e. The smallest absolute Gasteiger partial charge is 0.416 e. The fraction of sp³-hybridized carbons (Fsp3) is 0.100. The van der Waals surface area contributed by atoms with Crippen molar-refractivity contribution in [3.63, 3.8) is 0 Å². The minimum atomic E-state index is -4.49. The minimum absolute atomic E-state index is 0.00923. The number of hydrogen-bond donors (Lipinski definition) is 2. The van der Waals surface area contributed by atoms with Crippen LogP contribution in [0.5, 0.6) is 17.4 Å². The van der Waals surface area contributed by atoms with Crippen molar-refractivity contribution in [1.82, 2.24) is 10.3 Å². The van der Waals surface area contributed by atoms with Crippen LogP contribution in [-0.4, -0.2) is 16.0 Å². The molecule has 0 saturated carbocycles. The van der Waals surface area contributed by atoms with Gasteiger partial charge in [0.1, 0.15) is 11.5 Å². The molecule has 0 fully saturated rings. The van der Waals surface area contributed by atoms with Crippen LogP contribution in [-0.2, 0) is 12.7 Å². The zero-order valence-corrected chi connectivity index (χ0v) is 14.4. The maximum absolute atomic E-state index is 12.9. The SMILES string of the molecule is O=C(NCc1cccnc1Oc1cccc(C(F)(F)F)c1)c1ccccc1O. The van der Waals surface area contributed by atoms with Gasteiger partial charge >= 0.3 is 6.18 Å². The number of carbonyl (C=O) groups excluding carboxylic acids is 1. The molecule has 5 nitrogen and oxygen atoms in total. The number of pyridine rings is 1. The summed E-state index contributed by atoms with van der Waals surface area (Å²) >= 11 is 0. The Labute approximate surface area is 158 Å². The largest absolute Gasteiger partial charge is 0.507 e. The number of aromatic hydroxyl groups is 1. The highest BCUT2D eigenvalue weighted by molar-refractivity contribution is 5.96. The van der Waals surface area contributed by atoms with Gasteiger partial charge in [-0.3, -0.25) is 4.79 Å². The number of para-hydroxylation sites is 1. The van der Waals surface area contributed by atoms with Gasteiger partial charge in [0.05, 0.1) is 11.1 Å². The van der Waals surface area contributed by atoms with Gasteiger partial charge in [-0.25, -0.2) is 4.98 Å². The van der Waals surface area contributed by atoms with Crippen LogP contribution in [0, 0.1) is 0 Å². The molecule has 0 radical (unpaired) electrons. The molecule has 28 heavy (non-hydrogen) atoms. The summed E-state index contributed by atoms with van der Waals surface area (Å²) in [6, 6.07) is 13.7. The molecule has 8 heteroatoms. The highest BCUT2D eigenvalue weighted by atomic mass is 19.4. The number of carbonyl (C=O) groups is 1. The molecule has 0 aliphatic carbocycles. The van der Waals surface area contributed by atoms with E-state index in [-0.39, 0.29) is 29.5 Å². The molecule has 2 aromatic carbocycles. The highest BCUT2D eigenvalue weighted by Gasteiger charge is 2.30. The maximum Gasteiger partial charge on any atom is 0.416 e. The molecule has 2 N–H and O–H groups in total. The normalized spacial score (nSPS) is 11.1. The summed E-state index contributed by atoms with van der Waals surface area (Å²) in [5, 5.41) is 12.3. The lowest BCUT2D eigenvalue weighted by Gasteiger charge is -2.13. The molecule has 0 spiro atoms. The van der Waals surface area contributed by atoms with E-state index in [0.717, 1.165) is 12.1 Å². The van der Waals surface area contributed by atoms with Crippen molar-refractivity contribution >= 4 is 5.91 Å². The van der Waals surface area contributed by atoms with E-state index in [1.54, 1.807) is 24.3 Å².